The minimum Gasteiger partial charge on any atom is -0.507 e. The zero-order valence-corrected chi connectivity index (χ0v) is 43.6. The molecule has 68 heavy (non-hydrogen) atoms. The van der Waals surface area contributed by atoms with E-state index in [1.54, 1.807) is 0 Å². The van der Waals surface area contributed by atoms with Crippen molar-refractivity contribution in [1.29, 1.82) is 0 Å². The molecule has 0 unspecified atom stereocenters. The van der Waals surface area contributed by atoms with Gasteiger partial charge in [0.15, 0.2) is 5.58 Å². The van der Waals surface area contributed by atoms with Gasteiger partial charge in [0, 0.05) is 54.0 Å². The van der Waals surface area contributed by atoms with Crippen LogP contribution in [0.3, 0.4) is 0 Å². The van der Waals surface area contributed by atoms with Crippen molar-refractivity contribution < 1.29 is 30.6 Å². The predicted octanol–water partition coefficient (Wildman–Crippen LogP) is 16.8. The van der Waals surface area contributed by atoms with Crippen molar-refractivity contribution in [2.75, 3.05) is 0 Å². The number of hydrogen-bond acceptors (Lipinski definition) is 4. The van der Waals surface area contributed by atoms with E-state index in [9.17, 15) is 5.11 Å². The fourth-order valence-electron chi connectivity index (χ4n) is 9.44. The van der Waals surface area contributed by atoms with Gasteiger partial charge < -0.3 is 9.52 Å². The number of furan rings is 1. The number of nitrogens with zero attached hydrogens (tertiary/aromatic N) is 3. The molecule has 0 aliphatic carbocycles. The molecule has 0 aliphatic heterocycles. The molecule has 10 rings (SSSR count). The van der Waals surface area contributed by atoms with Gasteiger partial charge >= 0.3 is 0 Å². The molecule has 0 bridgehead atoms. The first kappa shape index (κ1) is 46.8. The molecule has 6 heteroatoms. The molecule has 3 aromatic heterocycles. The number of hydrogen-bond donors (Lipinski definition) is 1. The van der Waals surface area contributed by atoms with Crippen LogP contribution >= 0.6 is 0 Å². The molecule has 1 N–H and O–H groups in total. The zero-order valence-electron chi connectivity index (χ0n) is 41.3. The van der Waals surface area contributed by atoms with Crippen molar-refractivity contribution in [2.45, 2.75) is 105 Å². The Bertz CT molecular complexity index is 3570. The van der Waals surface area contributed by atoms with Crippen molar-refractivity contribution >= 4 is 43.7 Å². The first-order valence-electron chi connectivity index (χ1n) is 23.5. The number of imidazole rings is 1. The summed E-state index contributed by atoms with van der Waals surface area (Å²) < 4.78 is 8.76. The molecule has 0 spiro atoms. The molecule has 0 aliphatic rings. The number of aromatic nitrogens is 3. The number of benzene rings is 7. The zero-order chi connectivity index (χ0) is 47.4. The standard InChI is InChI=1S/C62H60N3O2.Pt/c1-59(2,3)41-26-28-52(47(32-41)37-19-14-13-15-20-37)65-53-24-18-23-44(55(53)64-58(65)49-33-43(61(7,8)9)34-50(56(49)66)62(10,11)12)39-29-40(31-42(30-39)60(4,5)6)51-35-48-46-27-25-38-21-16-17-22-45(38)57(46)67-54(48)36-63-51;/h13-28,30-36,66H,1-12H3;/q-1;. The van der Waals surface area contributed by atoms with Crippen LogP contribution in [0.1, 0.15) is 105 Å². The molecule has 346 valence electrons. The number of para-hydroxylation sites is 1. The van der Waals surface area contributed by atoms with E-state index in [1.165, 1.54) is 5.56 Å². The maximum Gasteiger partial charge on any atom is 0.152 e. The Hall–Kier alpha value is -6.29. The molecule has 0 saturated heterocycles. The molecule has 0 fully saturated rings. The van der Waals surface area contributed by atoms with E-state index in [-0.39, 0.29) is 48.5 Å². The van der Waals surface area contributed by atoms with Crippen LogP contribution in [0.2, 0.25) is 0 Å². The number of phenols is 1. The number of pyridine rings is 1. The summed E-state index contributed by atoms with van der Waals surface area (Å²) in [6, 6.07) is 51.4. The Kier molecular flexibility index (Phi) is 11.5. The molecule has 0 saturated carbocycles. The predicted molar refractivity (Wildman–Crippen MR) is 281 cm³/mol. The Balaban J connectivity index is 0.00000578. The second-order valence-corrected chi connectivity index (χ2v) is 22.5. The Morgan fingerprint density at radius 3 is 1.91 bits per heavy atom. The monoisotopic (exact) mass is 1070 g/mol. The normalized spacial score (nSPS) is 12.6. The van der Waals surface area contributed by atoms with Crippen LogP contribution in [0.5, 0.6) is 5.75 Å². The molecule has 5 nitrogen and oxygen atoms in total. The van der Waals surface area contributed by atoms with Crippen LogP contribution in [0.4, 0.5) is 0 Å². The Morgan fingerprint density at radius 1 is 0.544 bits per heavy atom. The van der Waals surface area contributed by atoms with Crippen LogP contribution in [-0.2, 0) is 42.7 Å². The van der Waals surface area contributed by atoms with Crippen LogP contribution in [0.25, 0.3) is 94.3 Å². The third-order valence-corrected chi connectivity index (χ3v) is 13.4. The quantitative estimate of drug-likeness (QED) is 0.174. The largest absolute Gasteiger partial charge is 0.507 e. The second-order valence-electron chi connectivity index (χ2n) is 22.5. The van der Waals surface area contributed by atoms with E-state index >= 15 is 0 Å². The second kappa shape index (κ2) is 16.7. The summed E-state index contributed by atoms with van der Waals surface area (Å²) in [5.74, 6) is 0.923. The molecule has 0 amide bonds. The summed E-state index contributed by atoms with van der Waals surface area (Å²) in [6.45, 7) is 26.7. The molecule has 0 radical (unpaired) electrons. The summed E-state index contributed by atoms with van der Waals surface area (Å²) in [5.41, 5.74) is 14.4. The van der Waals surface area contributed by atoms with E-state index in [4.69, 9.17) is 14.4 Å². The van der Waals surface area contributed by atoms with Gasteiger partial charge in [-0.2, -0.15) is 0 Å². The molecule has 0 atom stereocenters. The summed E-state index contributed by atoms with van der Waals surface area (Å²) in [7, 11) is 0. The maximum atomic E-state index is 12.6. The minimum atomic E-state index is -0.335. The smallest absolute Gasteiger partial charge is 0.152 e. The van der Waals surface area contributed by atoms with Crippen molar-refractivity contribution in [2.24, 2.45) is 0 Å². The van der Waals surface area contributed by atoms with Gasteiger partial charge in [-0.15, -0.1) is 29.3 Å². The molecule has 7 aromatic carbocycles. The van der Waals surface area contributed by atoms with Gasteiger partial charge in [-0.05, 0) is 74.1 Å². The first-order chi connectivity index (χ1) is 31.6. The van der Waals surface area contributed by atoms with Gasteiger partial charge in [-0.25, -0.2) is 4.98 Å². The minimum absolute atomic E-state index is 0. The molecule has 10 aromatic rings. The van der Waals surface area contributed by atoms with Gasteiger partial charge in [0.25, 0.3) is 0 Å². The number of rotatable bonds is 5. The Labute approximate surface area is 415 Å². The van der Waals surface area contributed by atoms with Crippen LogP contribution in [0.15, 0.2) is 144 Å². The van der Waals surface area contributed by atoms with Crippen LogP contribution < -0.4 is 0 Å². The van der Waals surface area contributed by atoms with E-state index in [0.29, 0.717) is 11.4 Å². The third-order valence-electron chi connectivity index (χ3n) is 13.4. The van der Waals surface area contributed by atoms with Crippen LogP contribution in [-0.4, -0.2) is 19.6 Å². The van der Waals surface area contributed by atoms with E-state index < -0.39 is 0 Å². The summed E-state index contributed by atoms with van der Waals surface area (Å²) in [6.07, 6.45) is 1.85. The van der Waals surface area contributed by atoms with Gasteiger partial charge in [0.05, 0.1) is 28.5 Å². The average Bonchev–Trinajstić information content (AvgIpc) is 3.86. The fraction of sp³-hybridized carbons (Fsp3) is 0.258. The van der Waals surface area contributed by atoms with Crippen LogP contribution in [0, 0.1) is 6.07 Å². The third kappa shape index (κ3) is 8.27. The van der Waals surface area contributed by atoms with Gasteiger partial charge in [0.1, 0.15) is 17.2 Å². The van der Waals surface area contributed by atoms with Crippen molar-refractivity contribution in [3.63, 3.8) is 0 Å². The number of phenolic OH excluding ortho intramolecular Hbond substituents is 1. The van der Waals surface area contributed by atoms with E-state index in [0.717, 1.165) is 99.6 Å². The Morgan fingerprint density at radius 2 is 1.21 bits per heavy atom. The maximum absolute atomic E-state index is 12.6. The van der Waals surface area contributed by atoms with Gasteiger partial charge in [-0.3, -0.25) is 9.55 Å². The topological polar surface area (TPSA) is 64.1 Å². The fourth-order valence-corrected chi connectivity index (χ4v) is 9.44. The summed E-state index contributed by atoms with van der Waals surface area (Å²) in [5, 5.41) is 16.9. The van der Waals surface area contributed by atoms with E-state index in [1.807, 2.05) is 6.20 Å². The van der Waals surface area contributed by atoms with Gasteiger partial charge in [-0.1, -0.05) is 185 Å². The first-order valence-corrected chi connectivity index (χ1v) is 23.5. The summed E-state index contributed by atoms with van der Waals surface area (Å²) in [4.78, 5) is 10.7. The number of fused-ring (bicyclic) bond motifs is 6. The number of aromatic hydroxyl groups is 1. The van der Waals surface area contributed by atoms with Gasteiger partial charge in [0.2, 0.25) is 0 Å². The molecular formula is C62H60N3O2Pt-. The SMILES string of the molecule is CC(C)(C)c1cc(-c2cc3c(cn2)oc2c4ccccc4ccc32)[c-]c(-c2cccc3c2nc(-c2cc(C(C)(C)C)cc(C(C)(C)C)c2O)n3-c2ccc(C(C)(C)C)cc2-c2ccccc2)c1.[Pt]. The molecular weight excluding hydrogens is 1010 g/mol. The molecule has 3 heterocycles. The summed E-state index contributed by atoms with van der Waals surface area (Å²) >= 11 is 0. The van der Waals surface area contributed by atoms with Crippen molar-refractivity contribution in [3.8, 4) is 56.3 Å². The van der Waals surface area contributed by atoms with Crippen molar-refractivity contribution in [1.82, 2.24) is 14.5 Å². The average molecular weight is 1070 g/mol. The van der Waals surface area contributed by atoms with Crippen molar-refractivity contribution in [3.05, 3.63) is 168 Å². The van der Waals surface area contributed by atoms with E-state index in [2.05, 4.69) is 227 Å².